The predicted octanol–water partition coefficient (Wildman–Crippen LogP) is 3.63. The minimum atomic E-state index is -2.81. The summed E-state index contributed by atoms with van der Waals surface area (Å²) in [6.45, 7) is 6.09. The number of hydrogen-bond donors (Lipinski definition) is 2. The van der Waals surface area contributed by atoms with Gasteiger partial charge in [-0.2, -0.15) is 0 Å². The van der Waals surface area contributed by atoms with Crippen LogP contribution >= 0.6 is 0 Å². The Labute approximate surface area is 144 Å². The van der Waals surface area contributed by atoms with Gasteiger partial charge in [0, 0.05) is 17.4 Å². The first kappa shape index (κ1) is 18.9. The molecular weight excluding hydrogens is 332 g/mol. The van der Waals surface area contributed by atoms with E-state index in [9.17, 15) is 18.4 Å². The van der Waals surface area contributed by atoms with E-state index in [-0.39, 0.29) is 6.42 Å². The number of rotatable bonds is 7. The molecule has 2 N–H and O–H groups in total. The van der Waals surface area contributed by atoms with Crippen molar-refractivity contribution in [3.8, 4) is 0 Å². The lowest BCUT2D eigenvalue weighted by molar-refractivity contribution is -0.142. The summed E-state index contributed by atoms with van der Waals surface area (Å²) < 4.78 is 30.3. The first-order valence-corrected chi connectivity index (χ1v) is 8.00. The molecule has 1 atom stereocenters. The number of carboxylic acid groups (broad SMARTS) is 1. The molecule has 0 spiro atoms. The molecule has 1 heterocycles. The van der Waals surface area contributed by atoms with E-state index in [1.807, 2.05) is 19.1 Å². The molecule has 25 heavy (non-hydrogen) atoms. The van der Waals surface area contributed by atoms with Gasteiger partial charge in [-0.3, -0.25) is 4.79 Å². The fourth-order valence-electron chi connectivity index (χ4n) is 2.82. The number of nitrogens with one attached hydrogen (secondary N) is 1. The number of aliphatic carboxylic acids is 1. The minimum Gasteiger partial charge on any atom is -0.480 e. The van der Waals surface area contributed by atoms with Gasteiger partial charge in [0.1, 0.15) is 11.6 Å². The fourth-order valence-corrected chi connectivity index (χ4v) is 2.82. The monoisotopic (exact) mass is 353 g/mol. The Kier molecular flexibility index (Phi) is 5.77. The van der Waals surface area contributed by atoms with Crippen molar-refractivity contribution in [3.05, 3.63) is 35.1 Å². The molecule has 0 aliphatic carbocycles. The van der Waals surface area contributed by atoms with E-state index in [1.165, 1.54) is 6.26 Å². The zero-order valence-corrected chi connectivity index (χ0v) is 14.3. The SMILES string of the molecule is Cc1cc2occ(CC(=O)NC(CC(F)F)C(=O)O)c2cc1C(C)C. The maximum absolute atomic E-state index is 12.4. The molecule has 136 valence electrons. The lowest BCUT2D eigenvalue weighted by atomic mass is 9.95. The van der Waals surface area contributed by atoms with Crippen LogP contribution in [0.3, 0.4) is 0 Å². The zero-order valence-electron chi connectivity index (χ0n) is 14.3. The van der Waals surface area contributed by atoms with Gasteiger partial charge in [-0.1, -0.05) is 13.8 Å². The molecule has 0 bridgehead atoms. The van der Waals surface area contributed by atoms with Gasteiger partial charge in [-0.25, -0.2) is 13.6 Å². The van der Waals surface area contributed by atoms with Gasteiger partial charge in [0.2, 0.25) is 12.3 Å². The van der Waals surface area contributed by atoms with Gasteiger partial charge < -0.3 is 14.8 Å². The second kappa shape index (κ2) is 7.63. The average molecular weight is 353 g/mol. The Balaban J connectivity index is 2.20. The van der Waals surface area contributed by atoms with Gasteiger partial charge in [-0.05, 0) is 36.1 Å². The third-order valence-electron chi connectivity index (χ3n) is 4.06. The fraction of sp³-hybridized carbons (Fsp3) is 0.444. The molecule has 2 rings (SSSR count). The number of halogens is 2. The molecule has 0 radical (unpaired) electrons. The largest absolute Gasteiger partial charge is 0.480 e. The number of furan rings is 1. The highest BCUT2D eigenvalue weighted by atomic mass is 19.3. The molecule has 2 aromatic rings. The van der Waals surface area contributed by atoms with Crippen molar-refractivity contribution < 1.29 is 27.9 Å². The summed E-state index contributed by atoms with van der Waals surface area (Å²) in [5, 5.41) is 11.8. The second-order valence-electron chi connectivity index (χ2n) is 6.38. The number of carbonyl (C=O) groups is 2. The van der Waals surface area contributed by atoms with E-state index in [0.717, 1.165) is 16.5 Å². The molecule has 1 aromatic carbocycles. The maximum atomic E-state index is 12.4. The number of hydrogen-bond acceptors (Lipinski definition) is 3. The number of carbonyl (C=O) groups excluding carboxylic acids is 1. The van der Waals surface area contributed by atoms with Crippen LogP contribution in [0.2, 0.25) is 0 Å². The van der Waals surface area contributed by atoms with Crippen LogP contribution in [0.1, 0.15) is 42.9 Å². The predicted molar refractivity (Wildman–Crippen MR) is 88.9 cm³/mol. The molecule has 7 heteroatoms. The van der Waals surface area contributed by atoms with E-state index < -0.39 is 30.8 Å². The summed E-state index contributed by atoms with van der Waals surface area (Å²) in [4.78, 5) is 23.1. The molecule has 0 saturated carbocycles. The van der Waals surface area contributed by atoms with Gasteiger partial charge in [0.15, 0.2) is 0 Å². The summed E-state index contributed by atoms with van der Waals surface area (Å²) >= 11 is 0. The molecule has 0 saturated heterocycles. The molecule has 1 aromatic heterocycles. The summed E-state index contributed by atoms with van der Waals surface area (Å²) in [5.74, 6) is -1.82. The molecule has 0 fully saturated rings. The minimum absolute atomic E-state index is 0.138. The maximum Gasteiger partial charge on any atom is 0.326 e. The number of amides is 1. The van der Waals surface area contributed by atoms with Crippen LogP contribution < -0.4 is 5.32 Å². The van der Waals surface area contributed by atoms with E-state index in [2.05, 4.69) is 19.2 Å². The molecule has 0 aliphatic rings. The highest BCUT2D eigenvalue weighted by molar-refractivity contribution is 5.90. The average Bonchev–Trinajstić information content (AvgIpc) is 2.86. The quantitative estimate of drug-likeness (QED) is 0.797. The van der Waals surface area contributed by atoms with Crippen molar-refractivity contribution in [2.45, 2.75) is 52.0 Å². The summed E-state index contributed by atoms with van der Waals surface area (Å²) in [6.07, 6.45) is -2.44. The van der Waals surface area contributed by atoms with Crippen molar-refractivity contribution in [2.75, 3.05) is 0 Å². The third-order valence-corrected chi connectivity index (χ3v) is 4.06. The Bertz CT molecular complexity index is 783. The van der Waals surface area contributed by atoms with Crippen molar-refractivity contribution in [3.63, 3.8) is 0 Å². The van der Waals surface area contributed by atoms with Crippen LogP contribution in [-0.4, -0.2) is 29.5 Å². The van der Waals surface area contributed by atoms with E-state index in [1.54, 1.807) is 0 Å². The second-order valence-corrected chi connectivity index (χ2v) is 6.38. The van der Waals surface area contributed by atoms with Crippen molar-refractivity contribution in [2.24, 2.45) is 0 Å². The standard InChI is InChI=1S/C18H21F2NO4/c1-9(2)12-6-13-11(8-25-15(13)4-10(12)3)5-17(22)21-14(18(23)24)7-16(19)20/h4,6,8-9,14,16H,5,7H2,1-3H3,(H,21,22)(H,23,24). The van der Waals surface area contributed by atoms with Crippen LogP contribution in [0.15, 0.2) is 22.8 Å². The van der Waals surface area contributed by atoms with Crippen molar-refractivity contribution in [1.82, 2.24) is 5.32 Å². The molecular formula is C18H21F2NO4. The zero-order chi connectivity index (χ0) is 18.7. The number of alkyl halides is 2. The molecule has 1 unspecified atom stereocenters. The number of benzene rings is 1. The van der Waals surface area contributed by atoms with Crippen LogP contribution in [-0.2, 0) is 16.0 Å². The molecule has 1 amide bonds. The van der Waals surface area contributed by atoms with Crippen LogP contribution in [0.4, 0.5) is 8.78 Å². The smallest absolute Gasteiger partial charge is 0.326 e. The Morgan fingerprint density at radius 1 is 1.28 bits per heavy atom. The summed E-state index contributed by atoms with van der Waals surface area (Å²) in [5.41, 5.74) is 3.43. The van der Waals surface area contributed by atoms with Gasteiger partial charge >= 0.3 is 5.97 Å². The van der Waals surface area contributed by atoms with Crippen LogP contribution in [0.25, 0.3) is 11.0 Å². The van der Waals surface area contributed by atoms with E-state index in [0.29, 0.717) is 17.1 Å². The first-order chi connectivity index (χ1) is 11.7. The lowest BCUT2D eigenvalue weighted by Gasteiger charge is -2.14. The third kappa shape index (κ3) is 4.55. The van der Waals surface area contributed by atoms with E-state index >= 15 is 0 Å². The highest BCUT2D eigenvalue weighted by Crippen LogP contribution is 2.29. The van der Waals surface area contributed by atoms with Crippen LogP contribution in [0, 0.1) is 6.92 Å². The van der Waals surface area contributed by atoms with Gasteiger partial charge in [0.25, 0.3) is 0 Å². The Morgan fingerprint density at radius 2 is 1.96 bits per heavy atom. The van der Waals surface area contributed by atoms with Crippen LogP contribution in [0.5, 0.6) is 0 Å². The summed E-state index contributed by atoms with van der Waals surface area (Å²) in [6, 6.07) is 2.23. The van der Waals surface area contributed by atoms with Gasteiger partial charge in [0.05, 0.1) is 12.7 Å². The Hall–Kier alpha value is -2.44. The number of aryl methyl sites for hydroxylation is 1. The highest BCUT2D eigenvalue weighted by Gasteiger charge is 2.24. The number of fused-ring (bicyclic) bond motifs is 1. The lowest BCUT2D eigenvalue weighted by Crippen LogP contribution is -2.42. The molecule has 5 nitrogen and oxygen atoms in total. The normalized spacial score (nSPS) is 12.8. The van der Waals surface area contributed by atoms with Crippen molar-refractivity contribution in [1.29, 1.82) is 0 Å². The van der Waals surface area contributed by atoms with Crippen molar-refractivity contribution >= 4 is 22.8 Å². The topological polar surface area (TPSA) is 79.5 Å². The summed E-state index contributed by atoms with van der Waals surface area (Å²) in [7, 11) is 0. The number of carboxylic acids is 1. The molecule has 0 aliphatic heterocycles. The van der Waals surface area contributed by atoms with Gasteiger partial charge in [-0.15, -0.1) is 0 Å². The Morgan fingerprint density at radius 3 is 2.52 bits per heavy atom. The van der Waals surface area contributed by atoms with E-state index in [4.69, 9.17) is 9.52 Å². The first-order valence-electron chi connectivity index (χ1n) is 8.00.